The number of nitrogens with zero attached hydrogens (tertiary/aromatic N) is 2. The van der Waals surface area contributed by atoms with Crippen LogP contribution in [0.2, 0.25) is 0 Å². The lowest BCUT2D eigenvalue weighted by Crippen LogP contribution is -2.52. The Morgan fingerprint density at radius 2 is 1.54 bits per heavy atom. The van der Waals surface area contributed by atoms with E-state index in [4.69, 9.17) is 0 Å². The van der Waals surface area contributed by atoms with Crippen LogP contribution in [-0.4, -0.2) is 50.0 Å². The highest BCUT2D eigenvalue weighted by atomic mass is 32.2. The monoisotopic (exact) mass is 567 g/mol. The second-order valence-corrected chi connectivity index (χ2v) is 12.6. The smallest absolute Gasteiger partial charge is 0.264 e. The summed E-state index contributed by atoms with van der Waals surface area (Å²) < 4.78 is 28.9. The molecule has 7 nitrogen and oxygen atoms in total. The molecule has 1 unspecified atom stereocenters. The normalized spacial score (nSPS) is 12.2. The Bertz CT molecular complexity index is 1390. The molecule has 208 valence electrons. The largest absolute Gasteiger partial charge is 0.352 e. The number of carbonyl (C=O) groups excluding carboxylic acids is 2. The van der Waals surface area contributed by atoms with Gasteiger partial charge >= 0.3 is 0 Å². The molecule has 3 rings (SSSR count). The molecule has 0 aliphatic carbocycles. The first-order valence-electron chi connectivity index (χ1n) is 12.8. The van der Waals surface area contributed by atoms with Crippen LogP contribution < -0.4 is 9.62 Å². The van der Waals surface area contributed by atoms with Crippen molar-refractivity contribution >= 4 is 39.3 Å². The second-order valence-electron chi connectivity index (χ2n) is 9.87. The van der Waals surface area contributed by atoms with Gasteiger partial charge in [0.2, 0.25) is 11.8 Å². The molecule has 0 bridgehead atoms. The van der Waals surface area contributed by atoms with Crippen LogP contribution in [0.1, 0.15) is 37.5 Å². The molecule has 0 aromatic heterocycles. The summed E-state index contributed by atoms with van der Waals surface area (Å²) in [6, 6.07) is 20.4. The molecule has 1 N–H and O–H groups in total. The van der Waals surface area contributed by atoms with Gasteiger partial charge in [0.05, 0.1) is 10.6 Å². The standard InChI is InChI=1S/C30H37N3O4S2/c1-21(2)31-30(35)24(5)32(19-25-9-7-8-23(4)18-25)29(34)20-33(26-12-10-22(3)11-13-26)39(36,37)28-16-14-27(38-6)15-17-28/h7-18,21,24H,19-20H2,1-6H3,(H,31,35). The Hall–Kier alpha value is -3.30. The van der Waals surface area contributed by atoms with Gasteiger partial charge < -0.3 is 10.2 Å². The van der Waals surface area contributed by atoms with E-state index in [1.807, 2.05) is 70.3 Å². The van der Waals surface area contributed by atoms with Crippen molar-refractivity contribution in [2.75, 3.05) is 17.1 Å². The Kier molecular flexibility index (Phi) is 10.2. The van der Waals surface area contributed by atoms with Gasteiger partial charge in [0.1, 0.15) is 12.6 Å². The minimum atomic E-state index is -4.09. The van der Waals surface area contributed by atoms with Crippen LogP contribution in [0.4, 0.5) is 5.69 Å². The summed E-state index contributed by atoms with van der Waals surface area (Å²) in [5, 5.41) is 2.87. The molecule has 0 aliphatic rings. The van der Waals surface area contributed by atoms with Crippen molar-refractivity contribution in [3.63, 3.8) is 0 Å². The molecule has 0 saturated carbocycles. The summed E-state index contributed by atoms with van der Waals surface area (Å²) in [6.07, 6.45) is 1.92. The lowest BCUT2D eigenvalue weighted by molar-refractivity contribution is -0.139. The van der Waals surface area contributed by atoms with Crippen molar-refractivity contribution < 1.29 is 18.0 Å². The molecule has 0 fully saturated rings. The van der Waals surface area contributed by atoms with Gasteiger partial charge in [-0.1, -0.05) is 47.5 Å². The van der Waals surface area contributed by atoms with E-state index in [0.717, 1.165) is 25.9 Å². The van der Waals surface area contributed by atoms with E-state index in [9.17, 15) is 18.0 Å². The fourth-order valence-corrected chi connectivity index (χ4v) is 5.93. The molecule has 0 aliphatic heterocycles. The van der Waals surface area contributed by atoms with Crippen molar-refractivity contribution in [2.24, 2.45) is 0 Å². The molecule has 0 saturated heterocycles. The maximum atomic E-state index is 13.9. The number of hydrogen-bond acceptors (Lipinski definition) is 5. The van der Waals surface area contributed by atoms with E-state index in [0.29, 0.717) is 5.69 Å². The van der Waals surface area contributed by atoms with E-state index in [2.05, 4.69) is 5.32 Å². The summed E-state index contributed by atoms with van der Waals surface area (Å²) >= 11 is 1.51. The van der Waals surface area contributed by atoms with Gasteiger partial charge in [-0.25, -0.2) is 8.42 Å². The molecule has 0 spiro atoms. The Labute approximate surface area is 236 Å². The molecule has 2 amide bonds. The summed E-state index contributed by atoms with van der Waals surface area (Å²) in [4.78, 5) is 29.4. The molecule has 39 heavy (non-hydrogen) atoms. The molecule has 1 atom stereocenters. The fraction of sp³-hybridized carbons (Fsp3) is 0.333. The summed E-state index contributed by atoms with van der Waals surface area (Å²) in [5.41, 5.74) is 3.21. The van der Waals surface area contributed by atoms with Gasteiger partial charge in [0, 0.05) is 17.5 Å². The Balaban J connectivity index is 2.03. The highest BCUT2D eigenvalue weighted by molar-refractivity contribution is 7.98. The molecule has 0 radical (unpaired) electrons. The zero-order chi connectivity index (χ0) is 28.7. The molecular weight excluding hydrogens is 530 g/mol. The van der Waals surface area contributed by atoms with E-state index in [1.165, 1.54) is 16.7 Å². The van der Waals surface area contributed by atoms with Crippen LogP contribution in [0, 0.1) is 13.8 Å². The summed E-state index contributed by atoms with van der Waals surface area (Å²) in [5.74, 6) is -0.781. The van der Waals surface area contributed by atoms with Gasteiger partial charge in [0.15, 0.2) is 0 Å². The van der Waals surface area contributed by atoms with Crippen LogP contribution in [0.3, 0.4) is 0 Å². The first-order valence-corrected chi connectivity index (χ1v) is 15.5. The van der Waals surface area contributed by atoms with Crippen molar-refractivity contribution in [3.05, 3.63) is 89.5 Å². The SMILES string of the molecule is CSc1ccc(S(=O)(=O)N(CC(=O)N(Cc2cccc(C)c2)C(C)C(=O)NC(C)C)c2ccc(C)cc2)cc1. The zero-order valence-corrected chi connectivity index (χ0v) is 25.0. The number of aryl methyl sites for hydroxylation is 2. The van der Waals surface area contributed by atoms with E-state index in [-0.39, 0.29) is 23.4 Å². The topological polar surface area (TPSA) is 86.8 Å². The highest BCUT2D eigenvalue weighted by Crippen LogP contribution is 2.26. The molecule has 3 aromatic rings. The Morgan fingerprint density at radius 3 is 2.10 bits per heavy atom. The first kappa shape index (κ1) is 30.2. The summed E-state index contributed by atoms with van der Waals surface area (Å²) in [7, 11) is -4.09. The van der Waals surface area contributed by atoms with E-state index < -0.39 is 28.5 Å². The summed E-state index contributed by atoms with van der Waals surface area (Å²) in [6.45, 7) is 8.94. The number of nitrogens with one attached hydrogen (secondary N) is 1. The lowest BCUT2D eigenvalue weighted by atomic mass is 10.1. The van der Waals surface area contributed by atoms with Crippen LogP contribution in [0.15, 0.2) is 82.6 Å². The zero-order valence-electron chi connectivity index (χ0n) is 23.3. The molecule has 9 heteroatoms. The molecule has 3 aromatic carbocycles. The van der Waals surface area contributed by atoms with Crippen molar-refractivity contribution in [1.29, 1.82) is 0 Å². The number of thioether (sulfide) groups is 1. The highest BCUT2D eigenvalue weighted by Gasteiger charge is 2.32. The number of hydrogen-bond donors (Lipinski definition) is 1. The fourth-order valence-electron chi connectivity index (χ4n) is 4.11. The van der Waals surface area contributed by atoms with Crippen LogP contribution in [0.25, 0.3) is 0 Å². The van der Waals surface area contributed by atoms with E-state index in [1.54, 1.807) is 43.3 Å². The van der Waals surface area contributed by atoms with Crippen molar-refractivity contribution in [1.82, 2.24) is 10.2 Å². The molecule has 0 heterocycles. The third kappa shape index (κ3) is 7.86. The maximum absolute atomic E-state index is 13.9. The predicted octanol–water partition coefficient (Wildman–Crippen LogP) is 5.16. The predicted molar refractivity (Wildman–Crippen MR) is 158 cm³/mol. The van der Waals surface area contributed by atoms with Crippen LogP contribution in [-0.2, 0) is 26.2 Å². The van der Waals surface area contributed by atoms with E-state index >= 15 is 0 Å². The lowest BCUT2D eigenvalue weighted by Gasteiger charge is -2.32. The Morgan fingerprint density at radius 1 is 0.897 bits per heavy atom. The number of carbonyl (C=O) groups is 2. The van der Waals surface area contributed by atoms with Gasteiger partial charge in [-0.05, 0) is 82.8 Å². The third-order valence-electron chi connectivity index (χ3n) is 6.28. The maximum Gasteiger partial charge on any atom is 0.264 e. The minimum absolute atomic E-state index is 0.0875. The van der Waals surface area contributed by atoms with Crippen molar-refractivity contribution in [3.8, 4) is 0 Å². The number of amides is 2. The average Bonchev–Trinajstić information content (AvgIpc) is 2.90. The van der Waals surface area contributed by atoms with Crippen molar-refractivity contribution in [2.45, 2.75) is 63.0 Å². The minimum Gasteiger partial charge on any atom is -0.352 e. The van der Waals surface area contributed by atoms with Gasteiger partial charge in [-0.15, -0.1) is 11.8 Å². The van der Waals surface area contributed by atoms with Crippen LogP contribution in [0.5, 0.6) is 0 Å². The number of sulfonamides is 1. The molecular formula is C30H37N3O4S2. The number of rotatable bonds is 11. The van der Waals surface area contributed by atoms with Gasteiger partial charge in [-0.3, -0.25) is 13.9 Å². The third-order valence-corrected chi connectivity index (χ3v) is 8.81. The second kappa shape index (κ2) is 13.2. The van der Waals surface area contributed by atoms with Gasteiger partial charge in [-0.2, -0.15) is 0 Å². The quantitative estimate of drug-likeness (QED) is 0.324. The number of benzene rings is 3. The average molecular weight is 568 g/mol. The first-order chi connectivity index (χ1) is 18.4. The van der Waals surface area contributed by atoms with Crippen LogP contribution >= 0.6 is 11.8 Å². The number of anilines is 1. The van der Waals surface area contributed by atoms with Gasteiger partial charge in [0.25, 0.3) is 10.0 Å².